The van der Waals surface area contributed by atoms with Gasteiger partial charge in [0.1, 0.15) is 0 Å². The lowest BCUT2D eigenvalue weighted by atomic mass is 9.74. The average Bonchev–Trinajstić information content (AvgIpc) is 2.68. The second kappa shape index (κ2) is 23.7. The van der Waals surface area contributed by atoms with E-state index in [1.807, 2.05) is 0 Å². The molecular formula is C27H52ClN. The molecule has 29 heavy (non-hydrogen) atoms. The second-order valence-electron chi connectivity index (χ2n) is 8.89. The first-order chi connectivity index (χ1) is 13.7. The van der Waals surface area contributed by atoms with Gasteiger partial charge in [0, 0.05) is 0 Å². The average molecular weight is 426 g/mol. The summed E-state index contributed by atoms with van der Waals surface area (Å²) in [7, 11) is 0. The van der Waals surface area contributed by atoms with E-state index in [9.17, 15) is 0 Å². The van der Waals surface area contributed by atoms with Gasteiger partial charge in [-0.25, -0.2) is 0 Å². The predicted molar refractivity (Wildman–Crippen MR) is 129 cm³/mol. The molecule has 0 spiro atoms. The summed E-state index contributed by atoms with van der Waals surface area (Å²) in [5.41, 5.74) is 4.24. The predicted octanol–water partition coefficient (Wildman–Crippen LogP) is 5.19. The molecule has 0 aromatic rings. The molecule has 0 aliphatic rings. The fourth-order valence-corrected chi connectivity index (χ4v) is 4.45. The van der Waals surface area contributed by atoms with Crippen LogP contribution in [0.2, 0.25) is 0 Å². The first-order valence-corrected chi connectivity index (χ1v) is 12.4. The van der Waals surface area contributed by atoms with Crippen LogP contribution in [0.3, 0.4) is 0 Å². The molecule has 0 bridgehead atoms. The fourth-order valence-electron chi connectivity index (χ4n) is 4.45. The maximum atomic E-state index is 3.96. The van der Waals surface area contributed by atoms with Crippen molar-refractivity contribution in [1.29, 1.82) is 0 Å². The van der Waals surface area contributed by atoms with Crippen molar-refractivity contribution in [3.05, 3.63) is 38.0 Å². The van der Waals surface area contributed by atoms with Crippen LogP contribution < -0.4 is 18.1 Å². The molecule has 0 saturated carbocycles. The van der Waals surface area contributed by atoms with Crippen LogP contribution in [-0.2, 0) is 0 Å². The van der Waals surface area contributed by atoms with Gasteiger partial charge in [-0.1, -0.05) is 102 Å². The Bertz CT molecular complexity index is 337. The van der Waals surface area contributed by atoms with Crippen LogP contribution in [0.1, 0.15) is 122 Å². The third-order valence-corrected chi connectivity index (χ3v) is 6.19. The van der Waals surface area contributed by atoms with Crippen LogP contribution in [-0.4, -0.2) is 6.54 Å². The molecule has 0 radical (unpaired) electrons. The molecule has 0 fully saturated rings. The fraction of sp³-hybridized carbons (Fsp3) is 0.778. The number of allylic oxidation sites excluding steroid dienone is 3. The van der Waals surface area contributed by atoms with E-state index in [0.29, 0.717) is 5.41 Å². The zero-order valence-corrected chi connectivity index (χ0v) is 20.3. The normalized spacial score (nSPS) is 11.1. The topological polar surface area (TPSA) is 27.6 Å². The van der Waals surface area contributed by atoms with Gasteiger partial charge in [0.25, 0.3) is 0 Å². The van der Waals surface area contributed by atoms with E-state index < -0.39 is 0 Å². The minimum atomic E-state index is 0. The third-order valence-electron chi connectivity index (χ3n) is 6.19. The van der Waals surface area contributed by atoms with Crippen molar-refractivity contribution >= 4 is 0 Å². The van der Waals surface area contributed by atoms with Crippen molar-refractivity contribution in [2.75, 3.05) is 6.54 Å². The Kier molecular flexibility index (Phi) is 25.1. The summed E-state index contributed by atoms with van der Waals surface area (Å²) in [5.74, 6) is 0. The molecule has 0 unspecified atom stereocenters. The summed E-state index contributed by atoms with van der Waals surface area (Å²) in [5, 5.41) is 0. The summed E-state index contributed by atoms with van der Waals surface area (Å²) in [6.07, 6.45) is 32.0. The van der Waals surface area contributed by atoms with E-state index in [1.54, 1.807) is 0 Å². The Labute approximate surface area is 190 Å². The Hall–Kier alpha value is -0.530. The largest absolute Gasteiger partial charge is 1.00 e. The SMILES string of the molecule is C=CCC(CC=C)(CC=C)CCCCCCCCCCCCCCCCC[NH3+].[Cl-]. The number of unbranched alkanes of at least 4 members (excludes halogenated alkanes) is 14. The minimum Gasteiger partial charge on any atom is -1.00 e. The second-order valence-corrected chi connectivity index (χ2v) is 8.89. The molecule has 0 rings (SSSR count). The van der Waals surface area contributed by atoms with Crippen LogP contribution in [0.4, 0.5) is 0 Å². The Morgan fingerprint density at radius 2 is 0.759 bits per heavy atom. The maximum absolute atomic E-state index is 3.96. The van der Waals surface area contributed by atoms with Gasteiger partial charge in [0.05, 0.1) is 6.54 Å². The van der Waals surface area contributed by atoms with Crippen LogP contribution in [0.15, 0.2) is 38.0 Å². The molecule has 0 atom stereocenters. The van der Waals surface area contributed by atoms with Gasteiger partial charge < -0.3 is 18.1 Å². The Morgan fingerprint density at radius 1 is 0.483 bits per heavy atom. The van der Waals surface area contributed by atoms with Gasteiger partial charge in [-0.3, -0.25) is 0 Å². The van der Waals surface area contributed by atoms with Crippen LogP contribution >= 0.6 is 0 Å². The van der Waals surface area contributed by atoms with E-state index in [-0.39, 0.29) is 12.4 Å². The molecule has 0 aliphatic carbocycles. The molecule has 0 amide bonds. The quantitative estimate of drug-likeness (QED) is 0.172. The maximum Gasteiger partial charge on any atom is 0.0739 e. The molecule has 3 N–H and O–H groups in total. The monoisotopic (exact) mass is 425 g/mol. The van der Waals surface area contributed by atoms with Gasteiger partial charge in [-0.2, -0.15) is 0 Å². The number of quaternary nitrogens is 1. The van der Waals surface area contributed by atoms with E-state index >= 15 is 0 Å². The van der Waals surface area contributed by atoms with Crippen molar-refractivity contribution in [3.63, 3.8) is 0 Å². The van der Waals surface area contributed by atoms with Gasteiger partial charge in [0.2, 0.25) is 0 Å². The van der Waals surface area contributed by atoms with Crippen LogP contribution in [0.5, 0.6) is 0 Å². The van der Waals surface area contributed by atoms with Crippen molar-refractivity contribution in [2.24, 2.45) is 5.41 Å². The van der Waals surface area contributed by atoms with Crippen molar-refractivity contribution in [1.82, 2.24) is 0 Å². The number of hydrogen-bond acceptors (Lipinski definition) is 0. The van der Waals surface area contributed by atoms with E-state index in [4.69, 9.17) is 0 Å². The zero-order valence-electron chi connectivity index (χ0n) is 19.6. The summed E-state index contributed by atoms with van der Waals surface area (Å²) < 4.78 is 0. The zero-order chi connectivity index (χ0) is 20.8. The Balaban J connectivity index is 0. The number of halogens is 1. The molecule has 0 aromatic heterocycles. The van der Waals surface area contributed by atoms with Gasteiger partial charge in [-0.05, 0) is 43.9 Å². The lowest BCUT2D eigenvalue weighted by Crippen LogP contribution is -3.00. The highest BCUT2D eigenvalue weighted by Crippen LogP contribution is 2.38. The van der Waals surface area contributed by atoms with Crippen LogP contribution in [0.25, 0.3) is 0 Å². The molecule has 1 nitrogen and oxygen atoms in total. The summed E-state index contributed by atoms with van der Waals surface area (Å²) in [6, 6.07) is 0. The first-order valence-electron chi connectivity index (χ1n) is 12.4. The number of rotatable bonds is 23. The van der Waals surface area contributed by atoms with E-state index in [2.05, 4.69) is 43.7 Å². The van der Waals surface area contributed by atoms with Gasteiger partial charge in [-0.15, -0.1) is 19.7 Å². The van der Waals surface area contributed by atoms with Gasteiger partial charge >= 0.3 is 0 Å². The molecule has 0 saturated heterocycles. The first kappa shape index (κ1) is 30.7. The Morgan fingerprint density at radius 3 is 1.03 bits per heavy atom. The van der Waals surface area contributed by atoms with E-state index in [0.717, 1.165) is 25.8 Å². The number of hydrogen-bond donors (Lipinski definition) is 1. The van der Waals surface area contributed by atoms with Crippen molar-refractivity contribution in [2.45, 2.75) is 122 Å². The summed E-state index contributed by atoms with van der Waals surface area (Å²) >= 11 is 0. The lowest BCUT2D eigenvalue weighted by molar-refractivity contribution is -0.368. The highest BCUT2D eigenvalue weighted by molar-refractivity contribution is 4.95. The molecule has 2 heteroatoms. The molecule has 0 aromatic carbocycles. The van der Waals surface area contributed by atoms with E-state index in [1.165, 1.54) is 103 Å². The van der Waals surface area contributed by atoms with Gasteiger partial charge in [0.15, 0.2) is 0 Å². The smallest absolute Gasteiger partial charge is 0.0739 e. The summed E-state index contributed by atoms with van der Waals surface area (Å²) in [6.45, 7) is 13.0. The van der Waals surface area contributed by atoms with Crippen molar-refractivity contribution < 1.29 is 18.1 Å². The molecule has 0 heterocycles. The third kappa shape index (κ3) is 19.2. The highest BCUT2D eigenvalue weighted by atomic mass is 35.5. The van der Waals surface area contributed by atoms with Crippen LogP contribution in [0, 0.1) is 5.41 Å². The standard InChI is InChI=1S/C27H51N.ClH/c1-4-22-27(23-5-2,24-6-3)25-20-18-16-14-12-10-8-7-9-11-13-15-17-19-21-26-28;/h4-6H,1-3,7-26,28H2;1H. The molecule has 0 aliphatic heterocycles. The van der Waals surface area contributed by atoms with Crippen molar-refractivity contribution in [3.8, 4) is 0 Å². The highest BCUT2D eigenvalue weighted by Gasteiger charge is 2.25. The summed E-state index contributed by atoms with van der Waals surface area (Å²) in [4.78, 5) is 0. The lowest BCUT2D eigenvalue weighted by Gasteiger charge is -2.31. The molecule has 172 valence electrons. The molecular weight excluding hydrogens is 374 g/mol. The minimum absolute atomic E-state index is 0.